The highest BCUT2D eigenvalue weighted by Crippen LogP contribution is 2.20. The van der Waals surface area contributed by atoms with Crippen molar-refractivity contribution in [2.75, 3.05) is 18.9 Å². The van der Waals surface area contributed by atoms with Crippen LogP contribution in [0.15, 0.2) is 47.7 Å². The van der Waals surface area contributed by atoms with Gasteiger partial charge in [0.25, 0.3) is 0 Å². The van der Waals surface area contributed by atoms with E-state index in [1.54, 1.807) is 43.7 Å². The lowest BCUT2D eigenvalue weighted by atomic mass is 10.2. The number of benzene rings is 1. The number of carbonyl (C=O) groups is 1. The van der Waals surface area contributed by atoms with E-state index in [0.29, 0.717) is 28.2 Å². The Morgan fingerprint density at radius 1 is 1.25 bits per heavy atom. The van der Waals surface area contributed by atoms with Crippen molar-refractivity contribution < 1.29 is 4.79 Å². The molecule has 0 saturated carbocycles. The van der Waals surface area contributed by atoms with Gasteiger partial charge in [-0.15, -0.1) is 0 Å². The maximum Gasteiger partial charge on any atom is 0.243 e. The lowest BCUT2D eigenvalue weighted by molar-refractivity contribution is -0.115. The van der Waals surface area contributed by atoms with Crippen molar-refractivity contribution in [1.29, 1.82) is 0 Å². The number of aromatic nitrogens is 1. The lowest BCUT2D eigenvalue weighted by Crippen LogP contribution is -2.41. The Morgan fingerprint density at radius 3 is 2.75 bits per heavy atom. The van der Waals surface area contributed by atoms with Crippen molar-refractivity contribution >= 4 is 40.8 Å². The van der Waals surface area contributed by atoms with E-state index in [-0.39, 0.29) is 12.5 Å². The van der Waals surface area contributed by atoms with E-state index < -0.39 is 0 Å². The molecule has 3 N–H and O–H groups in total. The van der Waals surface area contributed by atoms with Gasteiger partial charge < -0.3 is 16.0 Å². The summed E-state index contributed by atoms with van der Waals surface area (Å²) in [5.41, 5.74) is 1.52. The Kier molecular flexibility index (Phi) is 6.84. The van der Waals surface area contributed by atoms with Crippen LogP contribution < -0.4 is 16.0 Å². The molecule has 0 aliphatic heterocycles. The minimum atomic E-state index is -0.199. The summed E-state index contributed by atoms with van der Waals surface area (Å²) in [6.07, 6.45) is 3.22. The molecule has 0 aliphatic carbocycles. The van der Waals surface area contributed by atoms with Gasteiger partial charge in [0.05, 0.1) is 18.4 Å². The second kappa shape index (κ2) is 9.10. The van der Waals surface area contributed by atoms with Crippen molar-refractivity contribution in [3.05, 3.63) is 58.3 Å². The molecule has 8 heteroatoms. The number of nitrogens with zero attached hydrogens (tertiary/aromatic N) is 2. The highest BCUT2D eigenvalue weighted by atomic mass is 35.5. The summed E-state index contributed by atoms with van der Waals surface area (Å²) in [6.45, 7) is 0.531. The molecule has 24 heavy (non-hydrogen) atoms. The van der Waals surface area contributed by atoms with Gasteiger partial charge in [0.15, 0.2) is 5.96 Å². The van der Waals surface area contributed by atoms with Crippen LogP contribution in [0.4, 0.5) is 5.69 Å². The van der Waals surface area contributed by atoms with Crippen LogP contribution in [0.3, 0.4) is 0 Å². The number of guanidine groups is 1. The molecule has 1 amide bonds. The van der Waals surface area contributed by atoms with E-state index >= 15 is 0 Å². The monoisotopic (exact) mass is 365 g/mol. The maximum atomic E-state index is 11.9. The Morgan fingerprint density at radius 2 is 2.08 bits per heavy atom. The Hall–Kier alpha value is -2.31. The topological polar surface area (TPSA) is 78.4 Å². The molecular formula is C16H17Cl2N5O. The van der Waals surface area contributed by atoms with Crippen LogP contribution in [-0.4, -0.2) is 30.4 Å². The third-order valence-electron chi connectivity index (χ3n) is 3.05. The van der Waals surface area contributed by atoms with Crippen molar-refractivity contribution in [3.8, 4) is 0 Å². The number of carbonyl (C=O) groups excluding carboxylic acids is 1. The summed E-state index contributed by atoms with van der Waals surface area (Å²) in [6, 6.07) is 8.79. The average Bonchev–Trinajstić information content (AvgIpc) is 2.57. The van der Waals surface area contributed by atoms with Gasteiger partial charge in [-0.2, -0.15) is 0 Å². The van der Waals surface area contributed by atoms with Crippen LogP contribution in [0.1, 0.15) is 5.56 Å². The number of aliphatic imine (C=N–C) groups is 1. The third kappa shape index (κ3) is 5.72. The number of rotatable bonds is 5. The molecule has 0 atom stereocenters. The van der Waals surface area contributed by atoms with Gasteiger partial charge >= 0.3 is 0 Å². The summed E-state index contributed by atoms with van der Waals surface area (Å²) in [4.78, 5) is 19.9. The van der Waals surface area contributed by atoms with Crippen molar-refractivity contribution in [2.45, 2.75) is 6.54 Å². The van der Waals surface area contributed by atoms with Crippen molar-refractivity contribution in [3.63, 3.8) is 0 Å². The quantitative estimate of drug-likeness (QED) is 0.562. The molecule has 0 saturated heterocycles. The number of amides is 1. The van der Waals surface area contributed by atoms with Gasteiger partial charge in [-0.05, 0) is 29.8 Å². The molecule has 1 aromatic heterocycles. The summed E-state index contributed by atoms with van der Waals surface area (Å²) < 4.78 is 0. The molecule has 1 heterocycles. The standard InChI is InChI=1S/C16H17Cl2N5O/c1-19-16(21-8-11-4-5-12(17)7-14(11)18)22-10-15(24)23-13-3-2-6-20-9-13/h2-7,9H,8,10H2,1H3,(H,23,24)(H2,19,21,22). The fourth-order valence-electron chi connectivity index (χ4n) is 1.87. The largest absolute Gasteiger partial charge is 0.352 e. The summed E-state index contributed by atoms with van der Waals surface area (Å²) in [5, 5.41) is 9.89. The number of halogens is 2. The second-order valence-corrected chi connectivity index (χ2v) is 5.65. The number of nitrogens with one attached hydrogen (secondary N) is 3. The highest BCUT2D eigenvalue weighted by molar-refractivity contribution is 6.35. The predicted octanol–water partition coefficient (Wildman–Crippen LogP) is 2.69. The number of hydrogen-bond acceptors (Lipinski definition) is 3. The van der Waals surface area contributed by atoms with Crippen molar-refractivity contribution in [2.24, 2.45) is 4.99 Å². The Balaban J connectivity index is 1.81. The maximum absolute atomic E-state index is 11.9. The zero-order valence-electron chi connectivity index (χ0n) is 13.0. The fourth-order valence-corrected chi connectivity index (χ4v) is 2.35. The summed E-state index contributed by atoms with van der Waals surface area (Å²) >= 11 is 12.0. The minimum absolute atomic E-state index is 0.0723. The van der Waals surface area contributed by atoms with E-state index in [1.165, 1.54) is 0 Å². The molecule has 2 aromatic rings. The van der Waals surface area contributed by atoms with Crippen LogP contribution in [0, 0.1) is 0 Å². The highest BCUT2D eigenvalue weighted by Gasteiger charge is 2.06. The first-order chi connectivity index (χ1) is 11.6. The minimum Gasteiger partial charge on any atom is -0.352 e. The van der Waals surface area contributed by atoms with Crippen LogP contribution >= 0.6 is 23.2 Å². The molecule has 6 nitrogen and oxygen atoms in total. The molecule has 126 valence electrons. The van der Waals surface area contributed by atoms with Gasteiger partial charge in [-0.3, -0.25) is 14.8 Å². The number of hydrogen-bond donors (Lipinski definition) is 3. The predicted molar refractivity (Wildman–Crippen MR) is 97.5 cm³/mol. The smallest absolute Gasteiger partial charge is 0.243 e. The van der Waals surface area contributed by atoms with E-state index in [4.69, 9.17) is 23.2 Å². The van der Waals surface area contributed by atoms with E-state index in [0.717, 1.165) is 5.56 Å². The third-order valence-corrected chi connectivity index (χ3v) is 3.63. The van der Waals surface area contributed by atoms with Gasteiger partial charge in [0.1, 0.15) is 0 Å². The molecule has 0 unspecified atom stereocenters. The average molecular weight is 366 g/mol. The van der Waals surface area contributed by atoms with E-state index in [2.05, 4.69) is 25.9 Å². The number of pyridine rings is 1. The summed E-state index contributed by atoms with van der Waals surface area (Å²) in [5.74, 6) is 0.290. The van der Waals surface area contributed by atoms with E-state index in [9.17, 15) is 4.79 Å². The molecule has 0 bridgehead atoms. The number of anilines is 1. The first-order valence-electron chi connectivity index (χ1n) is 7.17. The molecule has 0 fully saturated rings. The van der Waals surface area contributed by atoms with Gasteiger partial charge in [-0.25, -0.2) is 0 Å². The van der Waals surface area contributed by atoms with Crippen LogP contribution in [0.2, 0.25) is 10.0 Å². The van der Waals surface area contributed by atoms with Crippen molar-refractivity contribution in [1.82, 2.24) is 15.6 Å². The molecule has 1 aromatic carbocycles. The first kappa shape index (κ1) is 18.0. The Labute approximate surface area is 150 Å². The van der Waals surface area contributed by atoms with E-state index in [1.807, 2.05) is 6.07 Å². The first-order valence-corrected chi connectivity index (χ1v) is 7.92. The zero-order chi connectivity index (χ0) is 17.4. The van der Waals surface area contributed by atoms with Crippen LogP contribution in [0.25, 0.3) is 0 Å². The Bertz CT molecular complexity index is 722. The molecule has 0 aliphatic rings. The van der Waals surface area contributed by atoms with Gasteiger partial charge in [0.2, 0.25) is 5.91 Å². The van der Waals surface area contributed by atoms with Crippen LogP contribution in [-0.2, 0) is 11.3 Å². The van der Waals surface area contributed by atoms with Crippen LogP contribution in [0.5, 0.6) is 0 Å². The SMILES string of the molecule is CN=C(NCC(=O)Nc1cccnc1)NCc1ccc(Cl)cc1Cl. The second-order valence-electron chi connectivity index (χ2n) is 4.80. The zero-order valence-corrected chi connectivity index (χ0v) is 14.5. The normalized spacial score (nSPS) is 11.0. The summed E-state index contributed by atoms with van der Waals surface area (Å²) in [7, 11) is 1.62. The fraction of sp³-hybridized carbons (Fsp3) is 0.188. The molecule has 0 spiro atoms. The van der Waals surface area contributed by atoms with Gasteiger partial charge in [0, 0.05) is 29.8 Å². The molecular weight excluding hydrogens is 349 g/mol. The lowest BCUT2D eigenvalue weighted by Gasteiger charge is -2.13. The van der Waals surface area contributed by atoms with Gasteiger partial charge in [-0.1, -0.05) is 29.3 Å². The molecule has 0 radical (unpaired) electrons. The molecule has 2 rings (SSSR count).